The fraction of sp³-hybridized carbons (Fsp3) is 0.895. The topological polar surface area (TPSA) is 0 Å². The highest BCUT2D eigenvalue weighted by Crippen LogP contribution is 2.44. The van der Waals surface area contributed by atoms with Gasteiger partial charge in [0, 0.05) is 5.92 Å². The van der Waals surface area contributed by atoms with Crippen LogP contribution in [0.3, 0.4) is 0 Å². The van der Waals surface area contributed by atoms with Crippen molar-refractivity contribution in [2.45, 2.75) is 83.7 Å². The maximum absolute atomic E-state index is 13.7. The molecule has 0 spiro atoms. The van der Waals surface area contributed by atoms with Crippen LogP contribution in [0.25, 0.3) is 0 Å². The molecule has 2 fully saturated rings. The third-order valence-electron chi connectivity index (χ3n) is 5.99. The average Bonchev–Trinajstić information content (AvgIpc) is 2.52. The molecular formula is C19H30F4. The Morgan fingerprint density at radius 2 is 1.43 bits per heavy atom. The summed E-state index contributed by atoms with van der Waals surface area (Å²) >= 11 is 0. The van der Waals surface area contributed by atoms with Crippen LogP contribution in [0, 0.1) is 23.7 Å². The predicted octanol–water partition coefficient (Wildman–Crippen LogP) is 7.21. The van der Waals surface area contributed by atoms with Crippen LogP contribution in [-0.4, -0.2) is 6.18 Å². The van der Waals surface area contributed by atoms with Gasteiger partial charge in [-0.2, -0.15) is 13.2 Å². The number of allylic oxidation sites excluding steroid dienone is 2. The quantitative estimate of drug-likeness (QED) is 0.466. The van der Waals surface area contributed by atoms with E-state index >= 15 is 0 Å². The summed E-state index contributed by atoms with van der Waals surface area (Å²) in [6.07, 6.45) is 7.39. The highest BCUT2D eigenvalue weighted by Gasteiger charge is 2.33. The second-order valence-corrected chi connectivity index (χ2v) is 7.61. The van der Waals surface area contributed by atoms with Gasteiger partial charge >= 0.3 is 6.18 Å². The van der Waals surface area contributed by atoms with Gasteiger partial charge in [-0.25, -0.2) is 4.39 Å². The second-order valence-electron chi connectivity index (χ2n) is 7.61. The molecule has 2 saturated carbocycles. The largest absolute Gasteiger partial charge is 0.412 e. The molecule has 0 heterocycles. The minimum absolute atomic E-state index is 0.142. The molecule has 0 amide bonds. The third kappa shape index (κ3) is 6.11. The summed E-state index contributed by atoms with van der Waals surface area (Å²) < 4.78 is 50.4. The van der Waals surface area contributed by atoms with Crippen LogP contribution in [0.2, 0.25) is 0 Å². The van der Waals surface area contributed by atoms with Gasteiger partial charge in [0.05, 0.1) is 6.08 Å². The highest BCUT2D eigenvalue weighted by atomic mass is 19.4. The predicted molar refractivity (Wildman–Crippen MR) is 85.7 cm³/mol. The first-order chi connectivity index (χ1) is 10.9. The molecule has 2 aliphatic rings. The minimum atomic E-state index is -4.53. The molecule has 4 heteroatoms. The first-order valence-electron chi connectivity index (χ1n) is 9.34. The Morgan fingerprint density at radius 3 is 1.91 bits per heavy atom. The van der Waals surface area contributed by atoms with Gasteiger partial charge in [-0.1, -0.05) is 39.0 Å². The molecule has 0 bridgehead atoms. The number of hydrogen-bond donors (Lipinski definition) is 0. The van der Waals surface area contributed by atoms with Crippen LogP contribution in [-0.2, 0) is 0 Å². The molecule has 0 aromatic rings. The van der Waals surface area contributed by atoms with Gasteiger partial charge in [0.1, 0.15) is 5.83 Å². The Kier molecular flexibility index (Phi) is 6.97. The zero-order valence-electron chi connectivity index (χ0n) is 14.2. The molecule has 2 rings (SSSR count). The lowest BCUT2D eigenvalue weighted by Crippen LogP contribution is -2.26. The molecule has 0 nitrogen and oxygen atoms in total. The van der Waals surface area contributed by atoms with Gasteiger partial charge in [-0.05, 0) is 56.3 Å². The van der Waals surface area contributed by atoms with Crippen LogP contribution >= 0.6 is 0 Å². The van der Waals surface area contributed by atoms with Gasteiger partial charge < -0.3 is 0 Å². The van der Waals surface area contributed by atoms with Crippen LogP contribution < -0.4 is 0 Å². The van der Waals surface area contributed by atoms with Gasteiger partial charge in [-0.15, -0.1) is 0 Å². The lowest BCUT2D eigenvalue weighted by Gasteiger charge is -2.37. The second kappa shape index (κ2) is 8.53. The molecule has 134 valence electrons. The van der Waals surface area contributed by atoms with E-state index in [1.165, 1.54) is 44.9 Å². The van der Waals surface area contributed by atoms with Crippen molar-refractivity contribution in [2.24, 2.45) is 23.7 Å². The van der Waals surface area contributed by atoms with Crippen LogP contribution in [0.4, 0.5) is 17.6 Å². The summed E-state index contributed by atoms with van der Waals surface area (Å²) in [6, 6.07) is 0. The molecule has 0 aliphatic heterocycles. The Labute approximate surface area is 137 Å². The summed E-state index contributed by atoms with van der Waals surface area (Å²) in [5.74, 6) is 0.753. The van der Waals surface area contributed by atoms with Crippen LogP contribution in [0.1, 0.15) is 77.6 Å². The van der Waals surface area contributed by atoms with Gasteiger partial charge in [0.2, 0.25) is 0 Å². The SMILES string of the molecule is CCCCC1CCC(C2CCC(/C(F)=C/C(F)(F)F)CC2)CC1. The number of rotatable bonds is 5. The van der Waals surface area contributed by atoms with E-state index in [0.29, 0.717) is 18.8 Å². The van der Waals surface area contributed by atoms with Crippen molar-refractivity contribution < 1.29 is 17.6 Å². The molecule has 23 heavy (non-hydrogen) atoms. The Morgan fingerprint density at radius 1 is 0.913 bits per heavy atom. The van der Waals surface area contributed by atoms with E-state index in [4.69, 9.17) is 0 Å². The zero-order chi connectivity index (χ0) is 16.9. The third-order valence-corrected chi connectivity index (χ3v) is 5.99. The summed E-state index contributed by atoms with van der Waals surface area (Å²) in [5.41, 5.74) is 0. The molecule has 0 saturated heterocycles. The van der Waals surface area contributed by atoms with Crippen molar-refractivity contribution in [1.82, 2.24) is 0 Å². The number of halogens is 4. The number of hydrogen-bond acceptors (Lipinski definition) is 0. The van der Waals surface area contributed by atoms with E-state index in [2.05, 4.69) is 6.92 Å². The van der Waals surface area contributed by atoms with E-state index in [0.717, 1.165) is 24.7 Å². The zero-order valence-corrected chi connectivity index (χ0v) is 14.2. The highest BCUT2D eigenvalue weighted by molar-refractivity contribution is 5.03. The number of unbranched alkanes of at least 4 members (excludes halogenated alkanes) is 1. The lowest BCUT2D eigenvalue weighted by atomic mass is 9.68. The fourth-order valence-electron chi connectivity index (χ4n) is 4.58. The van der Waals surface area contributed by atoms with Crippen molar-refractivity contribution in [1.29, 1.82) is 0 Å². The van der Waals surface area contributed by atoms with Crippen LogP contribution in [0.5, 0.6) is 0 Å². The molecule has 0 unspecified atom stereocenters. The summed E-state index contributed by atoms with van der Waals surface area (Å²) in [5, 5.41) is 0. The van der Waals surface area contributed by atoms with E-state index in [1.54, 1.807) is 0 Å². The standard InChI is InChI=1S/C19H30F4/c1-2-3-4-14-5-7-15(8-6-14)16-9-11-17(12-10-16)18(20)13-19(21,22)23/h13-17H,2-12H2,1H3/b18-13-. The molecular weight excluding hydrogens is 304 g/mol. The molecule has 2 aliphatic carbocycles. The molecule has 0 N–H and O–H groups in total. The lowest BCUT2D eigenvalue weighted by molar-refractivity contribution is -0.0821. The normalized spacial score (nSPS) is 33.7. The molecule has 0 atom stereocenters. The average molecular weight is 334 g/mol. The van der Waals surface area contributed by atoms with Crippen molar-refractivity contribution >= 4 is 0 Å². The summed E-state index contributed by atoms with van der Waals surface area (Å²) in [7, 11) is 0. The van der Waals surface area contributed by atoms with Crippen LogP contribution in [0.15, 0.2) is 11.9 Å². The Bertz CT molecular complexity index is 369. The van der Waals surface area contributed by atoms with E-state index in [-0.39, 0.29) is 6.08 Å². The smallest absolute Gasteiger partial charge is 0.212 e. The van der Waals surface area contributed by atoms with Crippen molar-refractivity contribution in [3.8, 4) is 0 Å². The summed E-state index contributed by atoms with van der Waals surface area (Å²) in [6.45, 7) is 2.23. The molecule has 0 aromatic heterocycles. The maximum Gasteiger partial charge on any atom is 0.412 e. The van der Waals surface area contributed by atoms with Gasteiger partial charge in [-0.3, -0.25) is 0 Å². The van der Waals surface area contributed by atoms with E-state index in [1.807, 2.05) is 0 Å². The first-order valence-corrected chi connectivity index (χ1v) is 9.34. The Hall–Kier alpha value is -0.540. The van der Waals surface area contributed by atoms with E-state index < -0.39 is 17.9 Å². The fourth-order valence-corrected chi connectivity index (χ4v) is 4.58. The maximum atomic E-state index is 13.7. The van der Waals surface area contributed by atoms with Crippen molar-refractivity contribution in [3.05, 3.63) is 11.9 Å². The number of alkyl halides is 3. The molecule has 0 radical (unpaired) electrons. The molecule has 0 aromatic carbocycles. The monoisotopic (exact) mass is 334 g/mol. The van der Waals surface area contributed by atoms with Crippen molar-refractivity contribution in [2.75, 3.05) is 0 Å². The van der Waals surface area contributed by atoms with Crippen molar-refractivity contribution in [3.63, 3.8) is 0 Å². The van der Waals surface area contributed by atoms with Gasteiger partial charge in [0.15, 0.2) is 0 Å². The van der Waals surface area contributed by atoms with Gasteiger partial charge in [0.25, 0.3) is 0 Å². The Balaban J connectivity index is 1.74. The summed E-state index contributed by atoms with van der Waals surface area (Å²) in [4.78, 5) is 0. The minimum Gasteiger partial charge on any atom is -0.212 e. The first kappa shape index (κ1) is 18.8. The van der Waals surface area contributed by atoms with E-state index in [9.17, 15) is 17.6 Å².